The van der Waals surface area contributed by atoms with E-state index in [1.807, 2.05) is 6.07 Å². The lowest BCUT2D eigenvalue weighted by Gasteiger charge is -2.14. The van der Waals surface area contributed by atoms with Gasteiger partial charge in [-0.2, -0.15) is 0 Å². The standard InChI is InChI=1S/C16H11F2NO/c17-11-4-5-15(18)13(8-11)16(20)12-3-1-2-10-6-7-19-9-14(10)12/h1-9,16,20H. The van der Waals surface area contributed by atoms with Crippen LogP contribution in [0.2, 0.25) is 0 Å². The summed E-state index contributed by atoms with van der Waals surface area (Å²) in [7, 11) is 0. The molecule has 1 aromatic heterocycles. The first-order valence-corrected chi connectivity index (χ1v) is 6.12. The van der Waals surface area contributed by atoms with Gasteiger partial charge in [0.2, 0.25) is 0 Å². The van der Waals surface area contributed by atoms with Crippen LogP contribution in [0.3, 0.4) is 0 Å². The van der Waals surface area contributed by atoms with Crippen molar-refractivity contribution in [2.24, 2.45) is 0 Å². The molecule has 0 spiro atoms. The molecule has 100 valence electrons. The van der Waals surface area contributed by atoms with Crippen molar-refractivity contribution in [3.05, 3.63) is 77.6 Å². The van der Waals surface area contributed by atoms with Gasteiger partial charge in [-0.05, 0) is 35.2 Å². The molecule has 2 nitrogen and oxygen atoms in total. The van der Waals surface area contributed by atoms with E-state index in [0.29, 0.717) is 10.9 Å². The minimum Gasteiger partial charge on any atom is -0.384 e. The van der Waals surface area contributed by atoms with Gasteiger partial charge in [-0.25, -0.2) is 8.78 Å². The van der Waals surface area contributed by atoms with Gasteiger partial charge in [0, 0.05) is 23.3 Å². The molecule has 3 aromatic rings. The third-order valence-corrected chi connectivity index (χ3v) is 3.26. The summed E-state index contributed by atoms with van der Waals surface area (Å²) in [6.07, 6.45) is 2.01. The lowest BCUT2D eigenvalue weighted by Crippen LogP contribution is -2.04. The SMILES string of the molecule is OC(c1cc(F)ccc1F)c1cccc2ccncc12. The fraction of sp³-hybridized carbons (Fsp3) is 0.0625. The monoisotopic (exact) mass is 271 g/mol. The molecule has 4 heteroatoms. The first kappa shape index (κ1) is 12.7. The summed E-state index contributed by atoms with van der Waals surface area (Å²) in [4.78, 5) is 4.01. The van der Waals surface area contributed by atoms with E-state index in [4.69, 9.17) is 0 Å². The van der Waals surface area contributed by atoms with Crippen LogP contribution in [0.1, 0.15) is 17.2 Å². The number of halogens is 2. The van der Waals surface area contributed by atoms with Crippen LogP contribution in [0.25, 0.3) is 10.8 Å². The molecular formula is C16H11F2NO. The molecule has 0 saturated heterocycles. The molecule has 20 heavy (non-hydrogen) atoms. The first-order valence-electron chi connectivity index (χ1n) is 6.12. The lowest BCUT2D eigenvalue weighted by atomic mass is 9.96. The summed E-state index contributed by atoms with van der Waals surface area (Å²) < 4.78 is 27.0. The number of rotatable bonds is 2. The predicted octanol–water partition coefficient (Wildman–Crippen LogP) is 3.59. The minimum absolute atomic E-state index is 0.0821. The number of aromatic nitrogens is 1. The van der Waals surface area contributed by atoms with E-state index in [0.717, 1.165) is 23.6 Å². The zero-order valence-electron chi connectivity index (χ0n) is 10.4. The van der Waals surface area contributed by atoms with Crippen molar-refractivity contribution in [2.75, 3.05) is 0 Å². The van der Waals surface area contributed by atoms with Crippen LogP contribution in [-0.4, -0.2) is 10.1 Å². The van der Waals surface area contributed by atoms with Crippen LogP contribution >= 0.6 is 0 Å². The van der Waals surface area contributed by atoms with Crippen LogP contribution in [0.5, 0.6) is 0 Å². The number of nitrogens with zero attached hydrogens (tertiary/aromatic N) is 1. The molecular weight excluding hydrogens is 260 g/mol. The van der Waals surface area contributed by atoms with Gasteiger partial charge in [-0.1, -0.05) is 18.2 Å². The Morgan fingerprint density at radius 1 is 1.00 bits per heavy atom. The number of aliphatic hydroxyl groups is 1. The van der Waals surface area contributed by atoms with Crippen molar-refractivity contribution < 1.29 is 13.9 Å². The third-order valence-electron chi connectivity index (χ3n) is 3.26. The summed E-state index contributed by atoms with van der Waals surface area (Å²) in [5.41, 5.74) is 0.418. The number of hydrogen-bond donors (Lipinski definition) is 1. The summed E-state index contributed by atoms with van der Waals surface area (Å²) in [5, 5.41) is 12.0. The maximum absolute atomic E-state index is 13.8. The fourth-order valence-electron chi connectivity index (χ4n) is 2.27. The van der Waals surface area contributed by atoms with Gasteiger partial charge in [0.1, 0.15) is 17.7 Å². The van der Waals surface area contributed by atoms with E-state index < -0.39 is 17.7 Å². The second kappa shape index (κ2) is 4.98. The van der Waals surface area contributed by atoms with Crippen molar-refractivity contribution >= 4 is 10.8 Å². The smallest absolute Gasteiger partial charge is 0.129 e. The summed E-state index contributed by atoms with van der Waals surface area (Å²) in [6.45, 7) is 0. The number of hydrogen-bond acceptors (Lipinski definition) is 2. The first-order chi connectivity index (χ1) is 9.66. The van der Waals surface area contributed by atoms with Gasteiger partial charge in [0.05, 0.1) is 0 Å². The van der Waals surface area contributed by atoms with Gasteiger partial charge in [-0.15, -0.1) is 0 Å². The largest absolute Gasteiger partial charge is 0.384 e. The molecule has 2 aromatic carbocycles. The number of pyridine rings is 1. The third kappa shape index (κ3) is 2.14. The molecule has 1 heterocycles. The summed E-state index contributed by atoms with van der Waals surface area (Å²) >= 11 is 0. The Balaban J connectivity index is 2.17. The molecule has 0 amide bonds. The highest BCUT2D eigenvalue weighted by atomic mass is 19.1. The molecule has 0 radical (unpaired) electrons. The van der Waals surface area contributed by atoms with E-state index in [1.54, 1.807) is 30.6 Å². The highest BCUT2D eigenvalue weighted by Gasteiger charge is 2.18. The molecule has 1 N–H and O–H groups in total. The van der Waals surface area contributed by atoms with E-state index >= 15 is 0 Å². The second-order valence-corrected chi connectivity index (χ2v) is 4.51. The Morgan fingerprint density at radius 3 is 2.70 bits per heavy atom. The number of aliphatic hydroxyl groups excluding tert-OH is 1. The molecule has 1 atom stereocenters. The molecule has 0 saturated carbocycles. The van der Waals surface area contributed by atoms with Crippen LogP contribution in [0, 0.1) is 11.6 Å². The highest BCUT2D eigenvalue weighted by molar-refractivity contribution is 5.85. The van der Waals surface area contributed by atoms with Crippen molar-refractivity contribution in [3.63, 3.8) is 0 Å². The number of fused-ring (bicyclic) bond motifs is 1. The summed E-state index contributed by atoms with van der Waals surface area (Å²) in [5.74, 6) is -1.22. The van der Waals surface area contributed by atoms with Gasteiger partial charge in [0.15, 0.2) is 0 Å². The molecule has 0 bridgehead atoms. The maximum Gasteiger partial charge on any atom is 0.129 e. The molecule has 1 unspecified atom stereocenters. The van der Waals surface area contributed by atoms with Gasteiger partial charge >= 0.3 is 0 Å². The van der Waals surface area contributed by atoms with Crippen LogP contribution in [0.4, 0.5) is 8.78 Å². The predicted molar refractivity (Wildman–Crippen MR) is 72.2 cm³/mol. The molecule has 0 aliphatic rings. The van der Waals surface area contributed by atoms with Crippen molar-refractivity contribution in [3.8, 4) is 0 Å². The second-order valence-electron chi connectivity index (χ2n) is 4.51. The van der Waals surface area contributed by atoms with E-state index in [2.05, 4.69) is 4.98 Å². The van der Waals surface area contributed by atoms with Crippen molar-refractivity contribution in [1.29, 1.82) is 0 Å². The lowest BCUT2D eigenvalue weighted by molar-refractivity contribution is 0.216. The zero-order valence-corrected chi connectivity index (χ0v) is 10.4. The Labute approximate surface area is 114 Å². The van der Waals surface area contributed by atoms with Crippen molar-refractivity contribution in [2.45, 2.75) is 6.10 Å². The topological polar surface area (TPSA) is 33.1 Å². The van der Waals surface area contributed by atoms with Crippen LogP contribution in [0.15, 0.2) is 54.9 Å². The van der Waals surface area contributed by atoms with E-state index in [1.165, 1.54) is 0 Å². The normalized spacial score (nSPS) is 12.6. The molecule has 0 aliphatic heterocycles. The Morgan fingerprint density at radius 2 is 1.85 bits per heavy atom. The Bertz CT molecular complexity index is 768. The maximum atomic E-state index is 13.8. The van der Waals surface area contributed by atoms with Gasteiger partial charge in [0.25, 0.3) is 0 Å². The molecule has 3 rings (SSSR count). The fourth-order valence-corrected chi connectivity index (χ4v) is 2.27. The Kier molecular flexibility index (Phi) is 3.16. The van der Waals surface area contributed by atoms with E-state index in [9.17, 15) is 13.9 Å². The van der Waals surface area contributed by atoms with Gasteiger partial charge in [-0.3, -0.25) is 4.98 Å². The van der Waals surface area contributed by atoms with Crippen LogP contribution in [-0.2, 0) is 0 Å². The minimum atomic E-state index is -1.24. The number of benzene rings is 2. The zero-order chi connectivity index (χ0) is 14.1. The average molecular weight is 271 g/mol. The summed E-state index contributed by atoms with van der Waals surface area (Å²) in [6, 6.07) is 10.2. The van der Waals surface area contributed by atoms with Crippen molar-refractivity contribution in [1.82, 2.24) is 4.98 Å². The quantitative estimate of drug-likeness (QED) is 0.772. The molecule has 0 aliphatic carbocycles. The highest BCUT2D eigenvalue weighted by Crippen LogP contribution is 2.30. The Hall–Kier alpha value is -2.33. The average Bonchev–Trinajstić information content (AvgIpc) is 2.48. The van der Waals surface area contributed by atoms with Gasteiger partial charge < -0.3 is 5.11 Å². The molecule has 0 fully saturated rings. The van der Waals surface area contributed by atoms with Crippen LogP contribution < -0.4 is 0 Å². The van der Waals surface area contributed by atoms with E-state index in [-0.39, 0.29) is 5.56 Å².